The van der Waals surface area contributed by atoms with E-state index in [9.17, 15) is 13.2 Å². The lowest BCUT2D eigenvalue weighted by atomic mass is 9.98. The Morgan fingerprint density at radius 3 is 1.85 bits per heavy atom. The van der Waals surface area contributed by atoms with Crippen LogP contribution < -0.4 is 0 Å². The Balaban J connectivity index is 1.71. The third kappa shape index (κ3) is 5.95. The van der Waals surface area contributed by atoms with Crippen LogP contribution >= 0.6 is 0 Å². The molecule has 33 heavy (non-hydrogen) atoms. The first kappa shape index (κ1) is 23.9. The molecule has 0 bridgehead atoms. The van der Waals surface area contributed by atoms with Gasteiger partial charge in [-0.25, -0.2) is 13.2 Å². The zero-order chi connectivity index (χ0) is 24.0. The minimum Gasteiger partial charge on any atom is -0.494 e. The molecule has 3 aromatic carbocycles. The fourth-order valence-electron chi connectivity index (χ4n) is 3.20. The molecule has 0 unspecified atom stereocenters. The van der Waals surface area contributed by atoms with Crippen molar-refractivity contribution in [2.45, 2.75) is 20.5 Å². The minimum atomic E-state index is -0.910. The van der Waals surface area contributed by atoms with Gasteiger partial charge in [0.05, 0.1) is 6.61 Å². The predicted octanol–water partition coefficient (Wildman–Crippen LogP) is 8.04. The lowest BCUT2D eigenvalue weighted by molar-refractivity contribution is 0.195. The first-order chi connectivity index (χ1) is 15.8. The maximum Gasteiger partial charge on any atom is 0.168 e. The van der Waals surface area contributed by atoms with Crippen molar-refractivity contribution in [3.63, 3.8) is 0 Å². The molecule has 0 aliphatic rings. The summed E-state index contributed by atoms with van der Waals surface area (Å²) in [6, 6.07) is 17.1. The molecule has 0 aliphatic carbocycles. The van der Waals surface area contributed by atoms with Gasteiger partial charge in [0.2, 0.25) is 0 Å². The van der Waals surface area contributed by atoms with E-state index in [1.165, 1.54) is 0 Å². The highest BCUT2D eigenvalue weighted by Gasteiger charge is 2.16. The Morgan fingerprint density at radius 2 is 1.33 bits per heavy atom. The summed E-state index contributed by atoms with van der Waals surface area (Å²) >= 11 is 0. The van der Waals surface area contributed by atoms with Gasteiger partial charge < -0.3 is 9.47 Å². The van der Waals surface area contributed by atoms with Crippen molar-refractivity contribution < 1.29 is 22.6 Å². The van der Waals surface area contributed by atoms with Gasteiger partial charge in [0.25, 0.3) is 0 Å². The molecule has 0 fully saturated rings. The molecule has 2 nitrogen and oxygen atoms in total. The largest absolute Gasteiger partial charge is 0.494 e. The maximum atomic E-state index is 14.8. The van der Waals surface area contributed by atoms with Crippen LogP contribution in [0.15, 0.2) is 97.2 Å². The first-order valence-corrected chi connectivity index (χ1v) is 10.5. The Morgan fingerprint density at radius 1 is 0.818 bits per heavy atom. The monoisotopic (exact) mass is 450 g/mol. The van der Waals surface area contributed by atoms with Crippen LogP contribution in [-0.2, 0) is 16.1 Å². The third-order valence-electron chi connectivity index (χ3n) is 5.01. The molecular formula is C28H25F3O2. The first-order valence-electron chi connectivity index (χ1n) is 10.5. The average Bonchev–Trinajstić information content (AvgIpc) is 2.80. The Hall–Kier alpha value is -3.73. The van der Waals surface area contributed by atoms with Gasteiger partial charge in [-0.15, -0.1) is 0 Å². The smallest absolute Gasteiger partial charge is 0.168 e. The van der Waals surface area contributed by atoms with Gasteiger partial charge in [0.1, 0.15) is 18.1 Å². The summed E-state index contributed by atoms with van der Waals surface area (Å²) in [6.45, 7) is 11.3. The average molecular weight is 451 g/mol. The highest BCUT2D eigenvalue weighted by atomic mass is 19.2. The molecule has 0 aliphatic heterocycles. The van der Waals surface area contributed by atoms with E-state index < -0.39 is 17.5 Å². The fraction of sp³-hybridized carbons (Fsp3) is 0.143. The highest BCUT2D eigenvalue weighted by Crippen LogP contribution is 2.32. The standard InChI is InChI=1S/C28H25F3O2/c1-5-32-19(3)16-26(29)20(4)33-17-21-8-12-23(13-9-21)25-15-14-24(27(30)28(25)31)22-10-6-18(2)7-11-22/h6-16H,3-5,17H2,1-2H3/b26-16+. The summed E-state index contributed by atoms with van der Waals surface area (Å²) in [7, 11) is 0. The minimum absolute atomic E-state index is 0.0602. The van der Waals surface area contributed by atoms with Crippen LogP contribution in [0.5, 0.6) is 0 Å². The summed E-state index contributed by atoms with van der Waals surface area (Å²) in [5, 5.41) is 0. The topological polar surface area (TPSA) is 18.5 Å². The van der Waals surface area contributed by atoms with E-state index in [-0.39, 0.29) is 29.3 Å². The normalized spacial score (nSPS) is 11.2. The van der Waals surface area contributed by atoms with Gasteiger partial charge in [-0.2, -0.15) is 0 Å². The van der Waals surface area contributed by atoms with E-state index in [1.54, 1.807) is 55.5 Å². The number of rotatable bonds is 9. The van der Waals surface area contributed by atoms with Gasteiger partial charge >= 0.3 is 0 Å². The molecular weight excluding hydrogens is 425 g/mol. The van der Waals surface area contributed by atoms with Crippen molar-refractivity contribution in [1.82, 2.24) is 0 Å². The van der Waals surface area contributed by atoms with Crippen LogP contribution in [0.3, 0.4) is 0 Å². The molecule has 0 saturated carbocycles. The van der Waals surface area contributed by atoms with Crippen LogP contribution in [0, 0.1) is 18.6 Å². The number of aryl methyl sites for hydroxylation is 1. The van der Waals surface area contributed by atoms with Crippen LogP contribution in [0.4, 0.5) is 13.2 Å². The van der Waals surface area contributed by atoms with Crippen LogP contribution in [0.25, 0.3) is 22.3 Å². The van der Waals surface area contributed by atoms with E-state index in [1.807, 2.05) is 19.1 Å². The molecule has 0 radical (unpaired) electrons. The van der Waals surface area contributed by atoms with Crippen molar-refractivity contribution in [3.8, 4) is 22.3 Å². The van der Waals surface area contributed by atoms with Crippen LogP contribution in [0.1, 0.15) is 18.1 Å². The number of hydrogen-bond donors (Lipinski definition) is 0. The molecule has 0 spiro atoms. The Labute approximate surface area is 192 Å². The number of halogens is 3. The fourth-order valence-corrected chi connectivity index (χ4v) is 3.20. The molecule has 0 N–H and O–H groups in total. The van der Waals surface area contributed by atoms with Crippen LogP contribution in [-0.4, -0.2) is 6.61 Å². The van der Waals surface area contributed by atoms with Crippen molar-refractivity contribution >= 4 is 0 Å². The SMILES string of the molecule is C=C(/C=C(/F)C(=C)OCc1ccc(-c2ccc(-c3ccc(C)cc3)c(F)c2F)cc1)OCC. The lowest BCUT2D eigenvalue weighted by Crippen LogP contribution is -1.96. The summed E-state index contributed by atoms with van der Waals surface area (Å²) in [6.07, 6.45) is 1.10. The lowest BCUT2D eigenvalue weighted by Gasteiger charge is -2.11. The van der Waals surface area contributed by atoms with Gasteiger partial charge in [-0.3, -0.25) is 0 Å². The molecule has 170 valence electrons. The summed E-state index contributed by atoms with van der Waals surface area (Å²) < 4.78 is 54.1. The summed E-state index contributed by atoms with van der Waals surface area (Å²) in [5.74, 6) is -2.47. The molecule has 0 heterocycles. The van der Waals surface area contributed by atoms with E-state index >= 15 is 0 Å². The highest BCUT2D eigenvalue weighted by molar-refractivity contribution is 5.72. The quantitative estimate of drug-likeness (QED) is 0.243. The second-order valence-corrected chi connectivity index (χ2v) is 7.46. The second kappa shape index (κ2) is 10.7. The second-order valence-electron chi connectivity index (χ2n) is 7.46. The Bertz CT molecular complexity index is 1180. The van der Waals surface area contributed by atoms with Gasteiger partial charge in [0.15, 0.2) is 17.5 Å². The van der Waals surface area contributed by atoms with E-state index in [0.717, 1.165) is 11.6 Å². The molecule has 5 heteroatoms. The van der Waals surface area contributed by atoms with E-state index in [0.29, 0.717) is 23.3 Å². The third-order valence-corrected chi connectivity index (χ3v) is 5.01. The molecule has 0 atom stereocenters. The molecule has 0 aromatic heterocycles. The number of ether oxygens (including phenoxy) is 2. The van der Waals surface area contributed by atoms with E-state index in [4.69, 9.17) is 9.47 Å². The molecule has 0 saturated heterocycles. The zero-order valence-electron chi connectivity index (χ0n) is 18.6. The molecule has 3 aromatic rings. The predicted molar refractivity (Wildman–Crippen MR) is 126 cm³/mol. The zero-order valence-corrected chi connectivity index (χ0v) is 18.6. The van der Waals surface area contributed by atoms with Gasteiger partial charge in [0, 0.05) is 17.2 Å². The maximum absolute atomic E-state index is 14.8. The van der Waals surface area contributed by atoms with Gasteiger partial charge in [-0.05, 0) is 30.5 Å². The molecule has 0 amide bonds. The Kier molecular flexibility index (Phi) is 7.78. The van der Waals surface area contributed by atoms with Crippen molar-refractivity contribution in [1.29, 1.82) is 0 Å². The van der Waals surface area contributed by atoms with Crippen LogP contribution in [0.2, 0.25) is 0 Å². The number of benzene rings is 3. The summed E-state index contributed by atoms with van der Waals surface area (Å²) in [5.41, 5.74) is 3.25. The molecule has 3 rings (SSSR count). The van der Waals surface area contributed by atoms with Gasteiger partial charge in [-0.1, -0.05) is 79.4 Å². The van der Waals surface area contributed by atoms with Crippen molar-refractivity contribution in [2.24, 2.45) is 0 Å². The summed E-state index contributed by atoms with van der Waals surface area (Å²) in [4.78, 5) is 0. The van der Waals surface area contributed by atoms with Crippen molar-refractivity contribution in [3.05, 3.63) is 120 Å². The van der Waals surface area contributed by atoms with Crippen molar-refractivity contribution in [2.75, 3.05) is 6.61 Å². The number of allylic oxidation sites excluding steroid dienone is 2. The van der Waals surface area contributed by atoms with E-state index in [2.05, 4.69) is 13.2 Å². The number of hydrogen-bond acceptors (Lipinski definition) is 2.